The van der Waals surface area contributed by atoms with Gasteiger partial charge in [-0.2, -0.15) is 0 Å². The van der Waals surface area contributed by atoms with Gasteiger partial charge in [-0.3, -0.25) is 0 Å². The van der Waals surface area contributed by atoms with E-state index in [0.717, 1.165) is 5.56 Å². The van der Waals surface area contributed by atoms with E-state index in [9.17, 15) is 4.39 Å². The largest absolute Gasteiger partial charge is 0.387 e. The van der Waals surface area contributed by atoms with Gasteiger partial charge in [-0.15, -0.1) is 0 Å². The Hall–Kier alpha value is -0.900. The van der Waals surface area contributed by atoms with Crippen molar-refractivity contribution in [1.82, 2.24) is 0 Å². The zero-order chi connectivity index (χ0) is 10.7. The third-order valence-corrected chi connectivity index (χ3v) is 2.47. The quantitative estimate of drug-likeness (QED) is 0.642. The molecule has 0 fully saturated rings. The molecule has 0 heterocycles. The lowest BCUT2D eigenvalue weighted by Gasteiger charge is -2.03. The van der Waals surface area contributed by atoms with Gasteiger partial charge >= 0.3 is 0 Å². The van der Waals surface area contributed by atoms with Gasteiger partial charge in [-0.05, 0) is 40.5 Å². The van der Waals surface area contributed by atoms with Crippen LogP contribution in [0, 0.1) is 12.7 Å². The summed E-state index contributed by atoms with van der Waals surface area (Å²) in [7, 11) is 0. The Balaban J connectivity index is 3.16. The number of nitrogens with two attached hydrogens (primary N) is 1. The second-order valence-electron chi connectivity index (χ2n) is 3.01. The predicted octanol–water partition coefficient (Wildman–Crippen LogP) is 3.30. The van der Waals surface area contributed by atoms with E-state index >= 15 is 0 Å². The summed E-state index contributed by atoms with van der Waals surface area (Å²) in [6, 6.07) is 3.07. The number of halogens is 2. The molecule has 1 aromatic rings. The van der Waals surface area contributed by atoms with Crippen LogP contribution >= 0.6 is 15.9 Å². The van der Waals surface area contributed by atoms with Crippen molar-refractivity contribution in [2.75, 3.05) is 0 Å². The third-order valence-electron chi connectivity index (χ3n) is 1.87. The summed E-state index contributed by atoms with van der Waals surface area (Å²) in [6.07, 6.45) is 0.689. The van der Waals surface area contributed by atoms with E-state index < -0.39 is 0 Å². The second kappa shape index (κ2) is 4.55. The molecule has 2 N–H and O–H groups in total. The number of hydrogen-bond donors (Lipinski definition) is 1. The minimum Gasteiger partial charge on any atom is -0.387 e. The molecule has 14 heavy (non-hydrogen) atoms. The highest BCUT2D eigenvalue weighted by Crippen LogP contribution is 2.26. The number of amidine groups is 1. The van der Waals surface area contributed by atoms with Gasteiger partial charge in [0.1, 0.15) is 5.82 Å². The van der Waals surface area contributed by atoms with Gasteiger partial charge in [-0.25, -0.2) is 9.38 Å². The molecule has 0 aromatic heterocycles. The first-order valence-corrected chi connectivity index (χ1v) is 5.12. The van der Waals surface area contributed by atoms with E-state index in [2.05, 4.69) is 20.9 Å². The highest BCUT2D eigenvalue weighted by Gasteiger charge is 2.04. The van der Waals surface area contributed by atoms with Gasteiger partial charge in [0.15, 0.2) is 0 Å². The lowest BCUT2D eigenvalue weighted by atomic mass is 10.2. The molecule has 0 saturated heterocycles. The zero-order valence-electron chi connectivity index (χ0n) is 8.14. The summed E-state index contributed by atoms with van der Waals surface area (Å²) < 4.78 is 13.5. The highest BCUT2D eigenvalue weighted by molar-refractivity contribution is 9.10. The molecule has 0 unspecified atom stereocenters. The molecule has 0 atom stereocenters. The van der Waals surface area contributed by atoms with E-state index in [-0.39, 0.29) is 5.82 Å². The maximum Gasteiger partial charge on any atom is 0.137 e. The summed E-state index contributed by atoms with van der Waals surface area (Å²) in [6.45, 7) is 3.73. The lowest BCUT2D eigenvalue weighted by molar-refractivity contribution is 0.620. The Morgan fingerprint density at radius 1 is 1.57 bits per heavy atom. The highest BCUT2D eigenvalue weighted by atomic mass is 79.9. The standard InChI is InChI=1S/C10H12BrFN2/c1-3-10(13)14-9-5-7(11)8(12)4-6(9)2/h4-5H,3H2,1-2H3,(H2,13,14). The fourth-order valence-corrected chi connectivity index (χ4v) is 1.32. The van der Waals surface area contributed by atoms with Gasteiger partial charge in [0, 0.05) is 6.42 Å². The molecule has 2 nitrogen and oxygen atoms in total. The molecule has 1 aromatic carbocycles. The van der Waals surface area contributed by atoms with Gasteiger partial charge in [0.05, 0.1) is 16.0 Å². The number of benzene rings is 1. The summed E-state index contributed by atoms with van der Waals surface area (Å²) >= 11 is 3.11. The Morgan fingerprint density at radius 2 is 2.21 bits per heavy atom. The molecule has 0 bridgehead atoms. The van der Waals surface area contributed by atoms with E-state index in [1.165, 1.54) is 6.07 Å². The van der Waals surface area contributed by atoms with Crippen molar-refractivity contribution in [3.63, 3.8) is 0 Å². The zero-order valence-corrected chi connectivity index (χ0v) is 9.73. The Morgan fingerprint density at radius 3 is 2.79 bits per heavy atom. The molecule has 0 saturated carbocycles. The lowest BCUT2D eigenvalue weighted by Crippen LogP contribution is -2.08. The molecule has 0 aliphatic carbocycles. The van der Waals surface area contributed by atoms with Crippen LogP contribution < -0.4 is 5.73 Å². The van der Waals surface area contributed by atoms with Crippen molar-refractivity contribution in [3.8, 4) is 0 Å². The topological polar surface area (TPSA) is 38.4 Å². The molecule has 4 heteroatoms. The SMILES string of the molecule is CCC(N)=Nc1cc(Br)c(F)cc1C. The number of aliphatic imine (C=N–C) groups is 1. The average molecular weight is 259 g/mol. The normalized spacial score (nSPS) is 11.9. The fraction of sp³-hybridized carbons (Fsp3) is 0.300. The minimum atomic E-state index is -0.281. The molecule has 0 aliphatic heterocycles. The van der Waals surface area contributed by atoms with Crippen LogP contribution in [0.5, 0.6) is 0 Å². The van der Waals surface area contributed by atoms with Crippen LogP contribution in [0.3, 0.4) is 0 Å². The van der Waals surface area contributed by atoms with Crippen molar-refractivity contribution in [2.45, 2.75) is 20.3 Å². The summed E-state index contributed by atoms with van der Waals surface area (Å²) in [5.74, 6) is 0.267. The van der Waals surface area contributed by atoms with Gasteiger partial charge in [0.25, 0.3) is 0 Å². The maximum absolute atomic E-state index is 13.1. The minimum absolute atomic E-state index is 0.281. The van der Waals surface area contributed by atoms with Crippen molar-refractivity contribution >= 4 is 27.5 Å². The van der Waals surface area contributed by atoms with Crippen LogP contribution in [0.2, 0.25) is 0 Å². The second-order valence-corrected chi connectivity index (χ2v) is 3.86. The molecule has 0 amide bonds. The van der Waals surface area contributed by atoms with Crippen LogP contribution in [0.1, 0.15) is 18.9 Å². The molecular formula is C10H12BrFN2. The van der Waals surface area contributed by atoms with Crippen molar-refractivity contribution in [3.05, 3.63) is 28.0 Å². The fourth-order valence-electron chi connectivity index (χ4n) is 0.990. The monoisotopic (exact) mass is 258 g/mol. The Kier molecular flexibility index (Phi) is 3.63. The number of hydrogen-bond acceptors (Lipinski definition) is 1. The first-order chi connectivity index (χ1) is 6.54. The van der Waals surface area contributed by atoms with Crippen LogP contribution in [0.25, 0.3) is 0 Å². The molecular weight excluding hydrogens is 247 g/mol. The van der Waals surface area contributed by atoms with Crippen molar-refractivity contribution in [2.24, 2.45) is 10.7 Å². The molecule has 1 rings (SSSR count). The van der Waals surface area contributed by atoms with Gasteiger partial charge in [0.2, 0.25) is 0 Å². The Labute approximate surface area is 91.2 Å². The predicted molar refractivity (Wildman–Crippen MR) is 60.4 cm³/mol. The van der Waals surface area contributed by atoms with Crippen LogP contribution in [-0.4, -0.2) is 5.84 Å². The van der Waals surface area contributed by atoms with E-state index in [0.29, 0.717) is 22.4 Å². The van der Waals surface area contributed by atoms with Crippen molar-refractivity contribution < 1.29 is 4.39 Å². The summed E-state index contributed by atoms with van der Waals surface area (Å²) in [5, 5.41) is 0. The van der Waals surface area contributed by atoms with Gasteiger partial charge < -0.3 is 5.73 Å². The van der Waals surface area contributed by atoms with Crippen molar-refractivity contribution in [1.29, 1.82) is 0 Å². The van der Waals surface area contributed by atoms with Crippen LogP contribution in [-0.2, 0) is 0 Å². The van der Waals surface area contributed by atoms with Gasteiger partial charge in [-0.1, -0.05) is 6.92 Å². The number of aryl methyl sites for hydroxylation is 1. The summed E-state index contributed by atoms with van der Waals surface area (Å²) in [5.41, 5.74) is 7.09. The average Bonchev–Trinajstić information content (AvgIpc) is 2.14. The third kappa shape index (κ3) is 2.54. The van der Waals surface area contributed by atoms with E-state index in [1.807, 2.05) is 6.92 Å². The first kappa shape index (κ1) is 11.2. The molecule has 0 radical (unpaired) electrons. The smallest absolute Gasteiger partial charge is 0.137 e. The first-order valence-electron chi connectivity index (χ1n) is 4.33. The van der Waals surface area contributed by atoms with E-state index in [4.69, 9.17) is 5.73 Å². The Bertz CT molecular complexity index is 375. The van der Waals surface area contributed by atoms with Crippen LogP contribution in [0.15, 0.2) is 21.6 Å². The van der Waals surface area contributed by atoms with Crippen LogP contribution in [0.4, 0.5) is 10.1 Å². The number of rotatable bonds is 2. The van der Waals surface area contributed by atoms with E-state index in [1.54, 1.807) is 13.0 Å². The molecule has 0 aliphatic rings. The molecule has 76 valence electrons. The molecule has 0 spiro atoms. The summed E-state index contributed by atoms with van der Waals surface area (Å²) in [4.78, 5) is 4.18. The maximum atomic E-state index is 13.1. The number of nitrogens with zero attached hydrogens (tertiary/aromatic N) is 1.